The summed E-state index contributed by atoms with van der Waals surface area (Å²) in [6, 6.07) is 13.9. The van der Waals surface area contributed by atoms with Crippen LogP contribution in [0, 0.1) is 6.92 Å². The van der Waals surface area contributed by atoms with Gasteiger partial charge in [-0.2, -0.15) is 0 Å². The molecule has 2 aromatic heterocycles. The fraction of sp³-hybridized carbons (Fsp3) is 0.379. The van der Waals surface area contributed by atoms with E-state index in [0.717, 1.165) is 40.9 Å². The van der Waals surface area contributed by atoms with E-state index in [2.05, 4.69) is 82.5 Å². The number of fused-ring (bicyclic) bond motifs is 1. The number of hydrogen-bond donors (Lipinski definition) is 2. The SMILES string of the molecule is Cc1ccc2c(-c3nc(Nc4cc(C5CC5)cc(N5CCC(N(C)C)CC5)c4)ncc3Cl)c[nH]c2c1. The van der Waals surface area contributed by atoms with Crippen LogP contribution in [0.1, 0.15) is 42.7 Å². The second-order valence-electron chi connectivity index (χ2n) is 10.5. The molecule has 36 heavy (non-hydrogen) atoms. The average molecular weight is 501 g/mol. The van der Waals surface area contributed by atoms with Crippen molar-refractivity contribution in [1.29, 1.82) is 0 Å². The zero-order chi connectivity index (χ0) is 24.8. The molecule has 186 valence electrons. The lowest BCUT2D eigenvalue weighted by Gasteiger charge is -2.36. The summed E-state index contributed by atoms with van der Waals surface area (Å²) < 4.78 is 0. The number of aromatic amines is 1. The molecule has 0 atom stereocenters. The van der Waals surface area contributed by atoms with Crippen molar-refractivity contribution >= 4 is 39.8 Å². The lowest BCUT2D eigenvalue weighted by Crippen LogP contribution is -2.42. The molecule has 0 radical (unpaired) electrons. The molecular formula is C29H33ClN6. The third kappa shape index (κ3) is 4.67. The third-order valence-corrected chi connectivity index (χ3v) is 7.92. The minimum absolute atomic E-state index is 0.540. The first-order valence-electron chi connectivity index (χ1n) is 12.9. The molecule has 1 saturated carbocycles. The fourth-order valence-corrected chi connectivity index (χ4v) is 5.56. The van der Waals surface area contributed by atoms with Crippen LogP contribution in [0.2, 0.25) is 5.02 Å². The maximum Gasteiger partial charge on any atom is 0.227 e. The molecule has 2 fully saturated rings. The van der Waals surface area contributed by atoms with Gasteiger partial charge in [-0.05, 0) is 88.0 Å². The first-order valence-corrected chi connectivity index (χ1v) is 13.3. The van der Waals surface area contributed by atoms with Crippen LogP contribution in [0.15, 0.2) is 48.8 Å². The molecule has 4 aromatic rings. The Morgan fingerprint density at radius 3 is 2.61 bits per heavy atom. The summed E-state index contributed by atoms with van der Waals surface area (Å²) in [7, 11) is 4.38. The van der Waals surface area contributed by atoms with Crippen LogP contribution in [0.4, 0.5) is 17.3 Å². The van der Waals surface area contributed by atoms with Crippen molar-refractivity contribution in [3.63, 3.8) is 0 Å². The Morgan fingerprint density at radius 2 is 1.86 bits per heavy atom. The number of nitrogens with zero attached hydrogens (tertiary/aromatic N) is 4. The second-order valence-corrected chi connectivity index (χ2v) is 10.9. The van der Waals surface area contributed by atoms with Gasteiger partial charge in [-0.25, -0.2) is 9.97 Å². The molecular weight excluding hydrogens is 468 g/mol. The van der Waals surface area contributed by atoms with Crippen molar-refractivity contribution in [1.82, 2.24) is 19.9 Å². The number of halogens is 1. The quantitative estimate of drug-likeness (QED) is 0.307. The molecule has 7 heteroatoms. The third-order valence-electron chi connectivity index (χ3n) is 7.64. The summed E-state index contributed by atoms with van der Waals surface area (Å²) in [4.78, 5) is 17.6. The number of benzene rings is 2. The molecule has 0 unspecified atom stereocenters. The Bertz CT molecular complexity index is 1400. The van der Waals surface area contributed by atoms with Crippen LogP contribution in [0.5, 0.6) is 0 Å². The maximum atomic E-state index is 6.58. The predicted octanol–water partition coefficient (Wildman–Crippen LogP) is 6.74. The van der Waals surface area contributed by atoms with Crippen LogP contribution < -0.4 is 10.2 Å². The molecule has 2 aromatic carbocycles. The van der Waals surface area contributed by atoms with Crippen molar-refractivity contribution in [3.8, 4) is 11.3 Å². The zero-order valence-electron chi connectivity index (χ0n) is 21.2. The number of hydrogen-bond acceptors (Lipinski definition) is 5. The van der Waals surface area contributed by atoms with Crippen molar-refractivity contribution in [2.45, 2.75) is 44.6 Å². The summed E-state index contributed by atoms with van der Waals surface area (Å²) in [6.45, 7) is 4.25. The number of piperidine rings is 1. The summed E-state index contributed by atoms with van der Waals surface area (Å²) in [5.41, 5.74) is 7.74. The topological polar surface area (TPSA) is 60.1 Å². The highest BCUT2D eigenvalue weighted by Crippen LogP contribution is 2.43. The molecule has 2 N–H and O–H groups in total. The number of anilines is 3. The van der Waals surface area contributed by atoms with Crippen molar-refractivity contribution in [2.24, 2.45) is 0 Å². The lowest BCUT2D eigenvalue weighted by molar-refractivity contribution is 0.249. The highest BCUT2D eigenvalue weighted by Gasteiger charge is 2.26. The van der Waals surface area contributed by atoms with E-state index in [4.69, 9.17) is 16.6 Å². The van der Waals surface area contributed by atoms with Crippen molar-refractivity contribution in [3.05, 3.63) is 64.9 Å². The predicted molar refractivity (Wildman–Crippen MR) is 150 cm³/mol. The molecule has 0 amide bonds. The highest BCUT2D eigenvalue weighted by atomic mass is 35.5. The van der Waals surface area contributed by atoms with E-state index in [9.17, 15) is 0 Å². The van der Waals surface area contributed by atoms with Crippen LogP contribution in [0.25, 0.3) is 22.2 Å². The number of aryl methyl sites for hydroxylation is 1. The van der Waals surface area contributed by atoms with Crippen LogP contribution >= 0.6 is 11.6 Å². The van der Waals surface area contributed by atoms with E-state index in [1.807, 2.05) is 6.20 Å². The first-order chi connectivity index (χ1) is 17.4. The monoisotopic (exact) mass is 500 g/mol. The summed E-state index contributed by atoms with van der Waals surface area (Å²) >= 11 is 6.58. The Labute approximate surface area is 217 Å². The van der Waals surface area contributed by atoms with Gasteiger partial charge in [0.25, 0.3) is 0 Å². The van der Waals surface area contributed by atoms with E-state index in [-0.39, 0.29) is 0 Å². The van der Waals surface area contributed by atoms with E-state index in [1.54, 1.807) is 6.20 Å². The lowest BCUT2D eigenvalue weighted by atomic mass is 10.0. The average Bonchev–Trinajstić information content (AvgIpc) is 3.65. The molecule has 1 saturated heterocycles. The van der Waals surface area contributed by atoms with Crippen molar-refractivity contribution in [2.75, 3.05) is 37.4 Å². The van der Waals surface area contributed by atoms with Gasteiger partial charge in [0.05, 0.1) is 16.9 Å². The summed E-state index contributed by atoms with van der Waals surface area (Å²) in [5, 5.41) is 5.14. The van der Waals surface area contributed by atoms with E-state index in [0.29, 0.717) is 22.9 Å². The summed E-state index contributed by atoms with van der Waals surface area (Å²) in [6.07, 6.45) is 8.59. The normalized spacial score (nSPS) is 16.8. The van der Waals surface area contributed by atoms with Gasteiger partial charge in [0.1, 0.15) is 0 Å². The maximum absolute atomic E-state index is 6.58. The minimum Gasteiger partial charge on any atom is -0.371 e. The molecule has 3 heterocycles. The van der Waals surface area contributed by atoms with E-state index < -0.39 is 0 Å². The first kappa shape index (κ1) is 23.3. The van der Waals surface area contributed by atoms with Gasteiger partial charge in [0.15, 0.2) is 0 Å². The smallest absolute Gasteiger partial charge is 0.227 e. The van der Waals surface area contributed by atoms with E-state index in [1.165, 1.54) is 42.5 Å². The standard InChI is InChI=1S/C29H33ClN6/c1-18-4-7-24-25(16-31-27(24)12-18)28-26(30)17-32-29(34-28)33-21-13-20(19-5-6-19)14-23(15-21)36-10-8-22(9-11-36)35(2)3/h4,7,12-17,19,22,31H,5-6,8-11H2,1-3H3,(H,32,33,34). The van der Waals surface area contributed by atoms with Gasteiger partial charge in [-0.15, -0.1) is 0 Å². The molecule has 0 bridgehead atoms. The molecule has 6 nitrogen and oxygen atoms in total. The largest absolute Gasteiger partial charge is 0.371 e. The Hall–Kier alpha value is -3.09. The van der Waals surface area contributed by atoms with Crippen molar-refractivity contribution < 1.29 is 0 Å². The van der Waals surface area contributed by atoms with Gasteiger partial charge in [-0.1, -0.05) is 23.7 Å². The van der Waals surface area contributed by atoms with Crippen LogP contribution in [-0.2, 0) is 0 Å². The number of aromatic nitrogens is 3. The molecule has 1 aliphatic heterocycles. The number of nitrogens with one attached hydrogen (secondary N) is 2. The van der Waals surface area contributed by atoms with Gasteiger partial charge in [-0.3, -0.25) is 0 Å². The Morgan fingerprint density at radius 1 is 1.06 bits per heavy atom. The van der Waals surface area contributed by atoms with Gasteiger partial charge in [0, 0.05) is 53.2 Å². The molecule has 6 rings (SSSR count). The Kier molecular flexibility index (Phi) is 6.10. The van der Waals surface area contributed by atoms with Gasteiger partial charge < -0.3 is 20.1 Å². The van der Waals surface area contributed by atoms with E-state index >= 15 is 0 Å². The summed E-state index contributed by atoms with van der Waals surface area (Å²) in [5.74, 6) is 1.22. The van der Waals surface area contributed by atoms with Gasteiger partial charge in [0.2, 0.25) is 5.95 Å². The minimum atomic E-state index is 0.540. The number of rotatable bonds is 6. The van der Waals surface area contributed by atoms with Gasteiger partial charge >= 0.3 is 0 Å². The molecule has 1 aliphatic carbocycles. The Balaban J connectivity index is 1.30. The molecule has 2 aliphatic rings. The highest BCUT2D eigenvalue weighted by molar-refractivity contribution is 6.33. The molecule has 0 spiro atoms. The van der Waals surface area contributed by atoms with Crippen LogP contribution in [0.3, 0.4) is 0 Å². The fourth-order valence-electron chi connectivity index (χ4n) is 5.36. The van der Waals surface area contributed by atoms with Crippen LogP contribution in [-0.4, -0.2) is 53.1 Å². The zero-order valence-corrected chi connectivity index (χ0v) is 21.9. The number of H-pyrrole nitrogens is 1. The second kappa shape index (κ2) is 9.41.